The highest BCUT2D eigenvalue weighted by molar-refractivity contribution is 6.63. The van der Waals surface area contributed by atoms with E-state index in [1.54, 1.807) is 10.9 Å². The van der Waals surface area contributed by atoms with Crippen molar-refractivity contribution >= 4 is 18.4 Å². The van der Waals surface area contributed by atoms with Gasteiger partial charge in [-0.15, -0.1) is 0 Å². The van der Waals surface area contributed by atoms with E-state index in [-0.39, 0.29) is 6.61 Å². The summed E-state index contributed by atoms with van der Waals surface area (Å²) in [4.78, 5) is 0. The van der Waals surface area contributed by atoms with Crippen LogP contribution >= 0.6 is 0 Å². The van der Waals surface area contributed by atoms with Crippen molar-refractivity contribution in [1.29, 1.82) is 0 Å². The average molecular weight is 253 g/mol. The minimum absolute atomic E-state index is 0.00632. The second-order valence-electron chi connectivity index (χ2n) is 5.52. The van der Waals surface area contributed by atoms with Crippen LogP contribution in [0.15, 0.2) is 6.20 Å². The van der Waals surface area contributed by atoms with E-state index in [2.05, 4.69) is 5.10 Å². The van der Waals surface area contributed by atoms with Gasteiger partial charge in [0.2, 0.25) is 0 Å². The topological polar surface area (TPSA) is 82.5 Å². The summed E-state index contributed by atoms with van der Waals surface area (Å²) in [6.07, 6.45) is 1.55. The van der Waals surface area contributed by atoms with E-state index in [0.29, 0.717) is 17.8 Å². The molecule has 1 saturated heterocycles. The Morgan fingerprint density at radius 2 is 1.89 bits per heavy atom. The standard InChI is InChI=1S/C11H20BN3O3/c1-10(2)11(3,4)18-12(17-10)9-8(13)7-14-15(9)5-6-16/h7,16H,5-6,13H2,1-4H3. The molecule has 1 aromatic heterocycles. The monoisotopic (exact) mass is 253 g/mol. The van der Waals surface area contributed by atoms with Crippen molar-refractivity contribution in [3.8, 4) is 0 Å². The number of nitrogens with zero attached hydrogens (tertiary/aromatic N) is 2. The van der Waals surface area contributed by atoms with Crippen LogP contribution in [0.5, 0.6) is 0 Å². The Hall–Kier alpha value is -1.05. The van der Waals surface area contributed by atoms with Crippen molar-refractivity contribution in [1.82, 2.24) is 9.78 Å². The zero-order chi connectivity index (χ0) is 13.6. The Morgan fingerprint density at radius 3 is 2.39 bits per heavy atom. The molecule has 7 heteroatoms. The first-order valence-corrected chi connectivity index (χ1v) is 6.06. The van der Waals surface area contributed by atoms with Crippen molar-refractivity contribution in [2.75, 3.05) is 12.3 Å². The fourth-order valence-electron chi connectivity index (χ4n) is 1.89. The number of rotatable bonds is 3. The number of hydrogen-bond acceptors (Lipinski definition) is 5. The van der Waals surface area contributed by atoms with Crippen molar-refractivity contribution in [3.05, 3.63) is 6.20 Å². The maximum Gasteiger partial charge on any atom is 0.516 e. The molecule has 6 nitrogen and oxygen atoms in total. The summed E-state index contributed by atoms with van der Waals surface area (Å²) in [5, 5.41) is 13.1. The van der Waals surface area contributed by atoms with Gasteiger partial charge in [0.05, 0.1) is 41.8 Å². The molecule has 0 aromatic carbocycles. The number of aliphatic hydroxyl groups excluding tert-OH is 1. The summed E-state index contributed by atoms with van der Waals surface area (Å²) in [6, 6.07) is 0. The molecule has 1 fully saturated rings. The molecule has 1 aromatic rings. The van der Waals surface area contributed by atoms with E-state index < -0.39 is 18.3 Å². The van der Waals surface area contributed by atoms with Crippen molar-refractivity contribution in [2.45, 2.75) is 45.4 Å². The molecular formula is C11H20BN3O3. The van der Waals surface area contributed by atoms with Crippen LogP contribution in [0, 0.1) is 0 Å². The van der Waals surface area contributed by atoms with Crippen LogP contribution in [0.2, 0.25) is 0 Å². The van der Waals surface area contributed by atoms with Crippen molar-refractivity contribution in [3.63, 3.8) is 0 Å². The van der Waals surface area contributed by atoms with E-state index in [1.165, 1.54) is 0 Å². The summed E-state index contributed by atoms with van der Waals surface area (Å²) < 4.78 is 13.5. The highest BCUT2D eigenvalue weighted by atomic mass is 16.7. The lowest BCUT2D eigenvalue weighted by atomic mass is 9.83. The number of aromatic nitrogens is 2. The van der Waals surface area contributed by atoms with Crippen LogP contribution in [0.4, 0.5) is 5.69 Å². The van der Waals surface area contributed by atoms with Gasteiger partial charge in [-0.2, -0.15) is 5.10 Å². The first-order chi connectivity index (χ1) is 8.28. The van der Waals surface area contributed by atoms with E-state index in [0.717, 1.165) is 0 Å². The number of nitrogens with two attached hydrogens (primary N) is 1. The smallest absolute Gasteiger partial charge is 0.398 e. The Kier molecular flexibility index (Phi) is 3.17. The molecule has 1 aliphatic rings. The van der Waals surface area contributed by atoms with E-state index in [9.17, 15) is 0 Å². The third kappa shape index (κ3) is 2.02. The number of aliphatic hydroxyl groups is 1. The molecule has 0 atom stereocenters. The van der Waals surface area contributed by atoms with Crippen LogP contribution in [0.3, 0.4) is 0 Å². The van der Waals surface area contributed by atoms with Gasteiger partial charge in [-0.1, -0.05) is 0 Å². The summed E-state index contributed by atoms with van der Waals surface area (Å²) in [6.45, 7) is 8.29. The molecule has 18 heavy (non-hydrogen) atoms. The fraction of sp³-hybridized carbons (Fsp3) is 0.727. The van der Waals surface area contributed by atoms with Gasteiger partial charge in [0.15, 0.2) is 0 Å². The molecule has 2 heterocycles. The maximum absolute atomic E-state index is 9.02. The molecule has 0 radical (unpaired) electrons. The predicted octanol–water partition coefficient (Wildman–Crippen LogP) is -0.243. The third-order valence-electron chi connectivity index (χ3n) is 3.70. The summed E-state index contributed by atoms with van der Waals surface area (Å²) in [5.74, 6) is 0. The number of hydrogen-bond donors (Lipinski definition) is 2. The highest BCUT2D eigenvalue weighted by Gasteiger charge is 2.53. The Balaban J connectivity index is 2.32. The third-order valence-corrected chi connectivity index (χ3v) is 3.70. The summed E-state index contributed by atoms with van der Waals surface area (Å²) in [5.41, 5.74) is 6.25. The van der Waals surface area contributed by atoms with E-state index in [4.69, 9.17) is 20.1 Å². The Labute approximate surface area is 107 Å². The van der Waals surface area contributed by atoms with Gasteiger partial charge in [0.1, 0.15) is 0 Å². The SMILES string of the molecule is CC1(C)OB(c2c(N)cnn2CCO)OC1(C)C. The molecule has 0 aliphatic carbocycles. The number of nitrogen functional groups attached to an aromatic ring is 1. The largest absolute Gasteiger partial charge is 0.516 e. The summed E-state index contributed by atoms with van der Waals surface area (Å²) >= 11 is 0. The van der Waals surface area contributed by atoms with Crippen LogP contribution < -0.4 is 11.3 Å². The Morgan fingerprint density at radius 1 is 1.33 bits per heavy atom. The van der Waals surface area contributed by atoms with Gasteiger partial charge >= 0.3 is 7.12 Å². The lowest BCUT2D eigenvalue weighted by molar-refractivity contribution is 0.00578. The molecule has 0 bridgehead atoms. The first kappa shape index (κ1) is 13.4. The minimum Gasteiger partial charge on any atom is -0.398 e. The molecule has 2 rings (SSSR count). The molecule has 100 valence electrons. The molecule has 1 aliphatic heterocycles. The molecule has 0 spiro atoms. The molecular weight excluding hydrogens is 233 g/mol. The number of anilines is 1. The highest BCUT2D eigenvalue weighted by Crippen LogP contribution is 2.36. The maximum atomic E-state index is 9.02. The average Bonchev–Trinajstić information content (AvgIpc) is 2.67. The predicted molar refractivity (Wildman–Crippen MR) is 69.4 cm³/mol. The molecule has 0 unspecified atom stereocenters. The normalized spacial score (nSPS) is 21.5. The van der Waals surface area contributed by atoms with Crippen molar-refractivity contribution < 1.29 is 14.4 Å². The lowest BCUT2D eigenvalue weighted by Crippen LogP contribution is -2.41. The molecule has 3 N–H and O–H groups in total. The van der Waals surface area contributed by atoms with Gasteiger partial charge in [-0.3, -0.25) is 4.68 Å². The first-order valence-electron chi connectivity index (χ1n) is 6.06. The molecule has 0 saturated carbocycles. The van der Waals surface area contributed by atoms with Crippen LogP contribution in [0.25, 0.3) is 0 Å². The van der Waals surface area contributed by atoms with Gasteiger partial charge in [-0.05, 0) is 27.7 Å². The van der Waals surface area contributed by atoms with Crippen LogP contribution in [-0.2, 0) is 15.9 Å². The van der Waals surface area contributed by atoms with Gasteiger partial charge in [0, 0.05) is 0 Å². The lowest BCUT2D eigenvalue weighted by Gasteiger charge is -2.32. The van der Waals surface area contributed by atoms with E-state index in [1.807, 2.05) is 27.7 Å². The van der Waals surface area contributed by atoms with Crippen LogP contribution in [-0.4, -0.2) is 39.8 Å². The fourth-order valence-corrected chi connectivity index (χ4v) is 1.89. The van der Waals surface area contributed by atoms with E-state index >= 15 is 0 Å². The zero-order valence-electron chi connectivity index (χ0n) is 11.3. The van der Waals surface area contributed by atoms with Gasteiger partial charge < -0.3 is 20.1 Å². The van der Waals surface area contributed by atoms with Gasteiger partial charge in [-0.25, -0.2) is 0 Å². The van der Waals surface area contributed by atoms with Crippen molar-refractivity contribution in [2.24, 2.45) is 0 Å². The second kappa shape index (κ2) is 4.26. The van der Waals surface area contributed by atoms with Gasteiger partial charge in [0.25, 0.3) is 0 Å². The van der Waals surface area contributed by atoms with Crippen LogP contribution in [0.1, 0.15) is 27.7 Å². The Bertz CT molecular complexity index is 429. The minimum atomic E-state index is -0.552. The zero-order valence-corrected chi connectivity index (χ0v) is 11.3. The molecule has 0 amide bonds. The summed E-state index contributed by atoms with van der Waals surface area (Å²) in [7, 11) is -0.552. The second-order valence-corrected chi connectivity index (χ2v) is 5.52. The quantitative estimate of drug-likeness (QED) is 0.726.